The fourth-order valence-electron chi connectivity index (χ4n) is 2.95. The average molecular weight is 281 g/mol. The molecule has 8 atom stereocenters. The van der Waals surface area contributed by atoms with Crippen molar-refractivity contribution in [1.29, 1.82) is 0 Å². The Morgan fingerprint density at radius 1 is 1.53 bits per heavy atom. The minimum atomic E-state index is 0.0824. The summed E-state index contributed by atoms with van der Waals surface area (Å²) in [4.78, 5) is 11.4. The molecule has 6 unspecified atom stereocenters. The molecular formula is C9H19NOP4. The van der Waals surface area contributed by atoms with Crippen LogP contribution in [0.2, 0.25) is 0 Å². The average Bonchev–Trinajstić information content (AvgIpc) is 2.59. The fourth-order valence-corrected chi connectivity index (χ4v) is 8.91. The number of hydrogen-bond acceptors (Lipinski definition) is 1. The normalized spacial score (nSPS) is 43.0. The monoisotopic (exact) mass is 281 g/mol. The molecule has 86 valence electrons. The van der Waals surface area contributed by atoms with Gasteiger partial charge in [0.2, 0.25) is 5.91 Å². The molecule has 2 fully saturated rings. The van der Waals surface area contributed by atoms with Crippen molar-refractivity contribution in [3.63, 3.8) is 0 Å². The fraction of sp³-hybridized carbons (Fsp3) is 0.889. The zero-order chi connectivity index (χ0) is 11.0. The number of rotatable bonds is 2. The van der Waals surface area contributed by atoms with E-state index in [1.165, 1.54) is 12.8 Å². The first-order valence-electron chi connectivity index (χ1n) is 5.43. The highest BCUT2D eigenvalue weighted by Gasteiger charge is 2.43. The van der Waals surface area contributed by atoms with Crippen LogP contribution in [0, 0.1) is 11.8 Å². The van der Waals surface area contributed by atoms with Crippen molar-refractivity contribution < 1.29 is 4.79 Å². The van der Waals surface area contributed by atoms with Gasteiger partial charge in [-0.3, -0.25) is 4.79 Å². The minimum Gasteiger partial charge on any atom is -0.353 e. The minimum absolute atomic E-state index is 0.0824. The maximum absolute atomic E-state index is 11.4. The number of fused-ring (bicyclic) bond motifs is 1. The van der Waals surface area contributed by atoms with Crippen molar-refractivity contribution in [1.82, 2.24) is 5.32 Å². The summed E-state index contributed by atoms with van der Waals surface area (Å²) in [6.07, 6.45) is 3.36. The molecule has 0 spiro atoms. The van der Waals surface area contributed by atoms with Gasteiger partial charge in [0.25, 0.3) is 0 Å². The molecule has 0 aromatic rings. The van der Waals surface area contributed by atoms with E-state index in [4.69, 9.17) is 0 Å². The van der Waals surface area contributed by atoms with Crippen LogP contribution >= 0.6 is 33.1 Å². The van der Waals surface area contributed by atoms with E-state index in [9.17, 15) is 4.79 Å². The van der Waals surface area contributed by atoms with E-state index in [-0.39, 0.29) is 13.2 Å². The Kier molecular flexibility index (Phi) is 4.41. The molecule has 1 heterocycles. The molecule has 2 aliphatic rings. The predicted molar refractivity (Wildman–Crippen MR) is 76.9 cm³/mol. The van der Waals surface area contributed by atoms with Gasteiger partial charge in [-0.05, 0) is 30.3 Å². The molecular weight excluding hydrogens is 262 g/mol. The Labute approximate surface area is 99.1 Å². The lowest BCUT2D eigenvalue weighted by atomic mass is 9.78. The van der Waals surface area contributed by atoms with Crippen molar-refractivity contribution in [3.05, 3.63) is 0 Å². The summed E-state index contributed by atoms with van der Waals surface area (Å²) in [6, 6.07) is 0.475. The number of amides is 1. The first-order valence-corrected chi connectivity index (χ1v) is 12.1. The van der Waals surface area contributed by atoms with Crippen molar-refractivity contribution in [2.24, 2.45) is 11.8 Å². The third-order valence-corrected chi connectivity index (χ3v) is 15.3. The smallest absolute Gasteiger partial charge is 0.220 e. The van der Waals surface area contributed by atoms with Gasteiger partial charge in [-0.15, -0.1) is 17.9 Å². The van der Waals surface area contributed by atoms with Crippen LogP contribution in [0.3, 0.4) is 0 Å². The van der Waals surface area contributed by atoms with E-state index in [0.29, 0.717) is 17.9 Å². The Morgan fingerprint density at radius 2 is 2.27 bits per heavy atom. The highest BCUT2D eigenvalue weighted by Crippen LogP contribution is 2.72. The van der Waals surface area contributed by atoms with Crippen LogP contribution < -0.4 is 5.32 Å². The Balaban J connectivity index is 2.06. The van der Waals surface area contributed by atoms with Crippen LogP contribution in [-0.2, 0) is 4.79 Å². The Bertz CT molecular complexity index is 262. The molecule has 1 saturated heterocycles. The van der Waals surface area contributed by atoms with Gasteiger partial charge in [-0.25, -0.2) is 0 Å². The first-order chi connectivity index (χ1) is 7.13. The number of hydrogen-bond donors (Lipinski definition) is 1. The van der Waals surface area contributed by atoms with Gasteiger partial charge >= 0.3 is 0 Å². The maximum Gasteiger partial charge on any atom is 0.220 e. The molecule has 2 rings (SSSR count). The zero-order valence-electron chi connectivity index (χ0n) is 8.94. The standard InChI is InChI=1S/C9H19NOP4/c1-5-7(15(13)14-12)3-2-6-4-8(11)10-9(5)6/h5-7,9,14H,2-4,12-13H2,1H3,(H,10,11)/t5-,6?,7-,9?,15?/m0/s1. The summed E-state index contributed by atoms with van der Waals surface area (Å²) in [5.41, 5.74) is 0.834. The molecule has 0 aromatic heterocycles. The second kappa shape index (κ2) is 5.23. The molecule has 1 N–H and O–H groups in total. The van der Waals surface area contributed by atoms with E-state index in [1.54, 1.807) is 0 Å². The van der Waals surface area contributed by atoms with E-state index in [2.05, 4.69) is 30.1 Å². The molecule has 1 aliphatic carbocycles. The summed E-state index contributed by atoms with van der Waals surface area (Å²) in [5.74, 6) is 1.58. The van der Waals surface area contributed by atoms with Gasteiger partial charge in [0.15, 0.2) is 0 Å². The molecule has 1 aliphatic heterocycles. The lowest BCUT2D eigenvalue weighted by Crippen LogP contribution is -2.43. The highest BCUT2D eigenvalue weighted by molar-refractivity contribution is 8.61. The predicted octanol–water partition coefficient (Wildman–Crippen LogP) is 2.95. The van der Waals surface area contributed by atoms with Crippen molar-refractivity contribution >= 4 is 39.0 Å². The number of carbonyl (C=O) groups excluding carboxylic acids is 1. The summed E-state index contributed by atoms with van der Waals surface area (Å²) in [6.45, 7) is 2.33. The third-order valence-electron chi connectivity index (χ3n) is 3.80. The third kappa shape index (κ3) is 2.55. The van der Waals surface area contributed by atoms with Crippen molar-refractivity contribution in [2.45, 2.75) is 37.9 Å². The van der Waals surface area contributed by atoms with Gasteiger partial charge in [0, 0.05) is 12.5 Å². The van der Waals surface area contributed by atoms with Gasteiger partial charge < -0.3 is 5.32 Å². The van der Waals surface area contributed by atoms with E-state index >= 15 is 0 Å². The molecule has 1 amide bonds. The molecule has 1 saturated carbocycles. The Morgan fingerprint density at radius 3 is 2.93 bits per heavy atom. The summed E-state index contributed by atoms with van der Waals surface area (Å²) >= 11 is 0. The molecule has 2 nitrogen and oxygen atoms in total. The lowest BCUT2D eigenvalue weighted by Gasteiger charge is -2.40. The van der Waals surface area contributed by atoms with Crippen molar-refractivity contribution in [2.75, 3.05) is 0 Å². The molecule has 0 bridgehead atoms. The van der Waals surface area contributed by atoms with Gasteiger partial charge in [0.1, 0.15) is 0 Å². The second-order valence-corrected chi connectivity index (χ2v) is 14.2. The first kappa shape index (κ1) is 12.6. The van der Waals surface area contributed by atoms with Gasteiger partial charge in [-0.2, -0.15) is 0 Å². The number of nitrogens with one attached hydrogen (secondary N) is 1. The lowest BCUT2D eigenvalue weighted by molar-refractivity contribution is -0.119. The molecule has 6 heteroatoms. The number of carbonyl (C=O) groups is 1. The highest BCUT2D eigenvalue weighted by atomic mass is 32.6. The van der Waals surface area contributed by atoms with E-state index in [0.717, 1.165) is 20.0 Å². The Hall–Kier alpha value is 1.19. The van der Waals surface area contributed by atoms with E-state index in [1.807, 2.05) is 0 Å². The van der Waals surface area contributed by atoms with Crippen LogP contribution in [0.15, 0.2) is 0 Å². The largest absolute Gasteiger partial charge is 0.353 e. The topological polar surface area (TPSA) is 29.1 Å². The van der Waals surface area contributed by atoms with Crippen LogP contribution in [0.5, 0.6) is 0 Å². The summed E-state index contributed by atoms with van der Waals surface area (Å²) in [5, 5.41) is 3.17. The summed E-state index contributed by atoms with van der Waals surface area (Å²) in [7, 11) is 6.99. The maximum atomic E-state index is 11.4. The molecule has 15 heavy (non-hydrogen) atoms. The molecule has 0 aromatic carbocycles. The zero-order valence-corrected chi connectivity index (χ0v) is 13.1. The quantitative estimate of drug-likeness (QED) is 0.775. The van der Waals surface area contributed by atoms with Crippen LogP contribution in [0.4, 0.5) is 0 Å². The second-order valence-electron chi connectivity index (χ2n) is 4.60. The SMILES string of the molecule is C[C@@H]1C2NC(=O)CC2CC[C@@H]1P(P)PP. The molecule has 0 radical (unpaired) electrons. The van der Waals surface area contributed by atoms with Crippen LogP contribution in [0.1, 0.15) is 26.2 Å². The van der Waals surface area contributed by atoms with Gasteiger partial charge in [0.05, 0.1) is 0 Å². The summed E-state index contributed by atoms with van der Waals surface area (Å²) < 4.78 is 0. The van der Waals surface area contributed by atoms with Gasteiger partial charge in [-0.1, -0.05) is 22.2 Å². The van der Waals surface area contributed by atoms with Crippen LogP contribution in [0.25, 0.3) is 0 Å². The van der Waals surface area contributed by atoms with E-state index < -0.39 is 0 Å². The van der Waals surface area contributed by atoms with Crippen LogP contribution in [-0.4, -0.2) is 17.6 Å². The van der Waals surface area contributed by atoms with Crippen molar-refractivity contribution in [3.8, 4) is 0 Å².